The zero-order valence-electron chi connectivity index (χ0n) is 9.96. The van der Waals surface area contributed by atoms with Gasteiger partial charge in [-0.1, -0.05) is 6.58 Å². The van der Waals surface area contributed by atoms with E-state index >= 15 is 0 Å². The Hall–Kier alpha value is -1.78. The van der Waals surface area contributed by atoms with Crippen molar-refractivity contribution >= 4 is 11.9 Å². The maximum atomic E-state index is 11.6. The first kappa shape index (κ1) is 14.2. The third-order valence-electron chi connectivity index (χ3n) is 1.51. The van der Waals surface area contributed by atoms with Crippen LogP contribution in [0.25, 0.3) is 0 Å². The van der Waals surface area contributed by atoms with E-state index in [1.807, 2.05) is 0 Å². The molecule has 1 amide bonds. The molecule has 0 saturated carbocycles. The summed E-state index contributed by atoms with van der Waals surface area (Å²) in [6.45, 7) is 8.27. The highest BCUT2D eigenvalue weighted by Gasteiger charge is 2.27. The summed E-state index contributed by atoms with van der Waals surface area (Å²) in [6.07, 6.45) is 1.01. The molecule has 0 aromatic rings. The van der Waals surface area contributed by atoms with Gasteiger partial charge < -0.3 is 15.2 Å². The van der Waals surface area contributed by atoms with E-state index in [1.165, 1.54) is 7.05 Å². The van der Waals surface area contributed by atoms with Crippen molar-refractivity contribution in [3.05, 3.63) is 24.0 Å². The van der Waals surface area contributed by atoms with Gasteiger partial charge in [-0.25, -0.2) is 4.79 Å². The standard InChI is InChI=1S/C11H17NO4/c1-6-7(13)8(9(14)12-5)10(15)16-11(2,3)4/h6,13H,1H2,2-5H3,(H,12,14)/b8-7-. The molecular formula is C11H17NO4. The van der Waals surface area contributed by atoms with Gasteiger partial charge in [0, 0.05) is 7.05 Å². The minimum Gasteiger partial charge on any atom is -0.507 e. The van der Waals surface area contributed by atoms with Crippen molar-refractivity contribution in [1.82, 2.24) is 5.32 Å². The fourth-order valence-corrected chi connectivity index (χ4v) is 0.870. The Balaban J connectivity index is 5.17. The van der Waals surface area contributed by atoms with Crippen LogP contribution >= 0.6 is 0 Å². The van der Waals surface area contributed by atoms with E-state index in [4.69, 9.17) is 4.74 Å². The second kappa shape index (κ2) is 5.34. The van der Waals surface area contributed by atoms with Gasteiger partial charge in [0.15, 0.2) is 5.57 Å². The van der Waals surface area contributed by atoms with Gasteiger partial charge in [-0.05, 0) is 26.8 Å². The van der Waals surface area contributed by atoms with E-state index in [0.717, 1.165) is 6.08 Å². The molecule has 0 heterocycles. The number of likely N-dealkylation sites (N-methyl/N-ethyl adjacent to an activating group) is 1. The molecule has 0 spiro atoms. The third kappa shape index (κ3) is 4.16. The molecule has 0 atom stereocenters. The number of aliphatic hydroxyl groups excluding tert-OH is 1. The summed E-state index contributed by atoms with van der Waals surface area (Å²) in [5.74, 6) is -2.11. The number of rotatable bonds is 3. The van der Waals surface area contributed by atoms with Gasteiger partial charge in [-0.3, -0.25) is 4.79 Å². The molecule has 0 aromatic heterocycles. The van der Waals surface area contributed by atoms with Gasteiger partial charge in [0.2, 0.25) is 0 Å². The molecule has 2 N–H and O–H groups in total. The summed E-state index contributed by atoms with van der Waals surface area (Å²) in [7, 11) is 1.35. The molecule has 0 unspecified atom stereocenters. The Bertz CT molecular complexity index is 336. The number of aliphatic hydroxyl groups is 1. The maximum absolute atomic E-state index is 11.6. The molecule has 0 bridgehead atoms. The van der Waals surface area contributed by atoms with Crippen LogP contribution in [0.1, 0.15) is 20.8 Å². The molecule has 0 radical (unpaired) electrons. The SMILES string of the molecule is C=C/C(O)=C(\C(=O)NC)C(=O)OC(C)(C)C. The van der Waals surface area contributed by atoms with Crippen LogP contribution in [0.2, 0.25) is 0 Å². The highest BCUT2D eigenvalue weighted by atomic mass is 16.6. The molecule has 5 nitrogen and oxygen atoms in total. The Morgan fingerprint density at radius 2 is 1.88 bits per heavy atom. The molecule has 0 fully saturated rings. The van der Waals surface area contributed by atoms with Crippen molar-refractivity contribution in [3.8, 4) is 0 Å². The number of hydrogen-bond donors (Lipinski definition) is 2. The fraction of sp³-hybridized carbons (Fsp3) is 0.455. The predicted molar refractivity (Wildman–Crippen MR) is 59.8 cm³/mol. The van der Waals surface area contributed by atoms with Crippen molar-refractivity contribution in [3.63, 3.8) is 0 Å². The first-order valence-corrected chi connectivity index (χ1v) is 4.74. The van der Waals surface area contributed by atoms with Gasteiger partial charge in [-0.2, -0.15) is 0 Å². The van der Waals surface area contributed by atoms with Gasteiger partial charge in [-0.15, -0.1) is 0 Å². The molecule has 0 aliphatic rings. The molecule has 0 aromatic carbocycles. The lowest BCUT2D eigenvalue weighted by atomic mass is 10.1. The number of esters is 1. The largest absolute Gasteiger partial charge is 0.507 e. The average molecular weight is 227 g/mol. The zero-order chi connectivity index (χ0) is 12.9. The second-order valence-corrected chi connectivity index (χ2v) is 4.05. The van der Waals surface area contributed by atoms with Crippen molar-refractivity contribution in [2.45, 2.75) is 26.4 Å². The smallest absolute Gasteiger partial charge is 0.348 e. The zero-order valence-corrected chi connectivity index (χ0v) is 9.96. The molecular weight excluding hydrogens is 210 g/mol. The molecule has 16 heavy (non-hydrogen) atoms. The minimum atomic E-state index is -0.885. The molecule has 90 valence electrons. The minimum absolute atomic E-state index is 0.451. The van der Waals surface area contributed by atoms with Crippen LogP contribution in [0, 0.1) is 0 Å². The van der Waals surface area contributed by atoms with Gasteiger partial charge in [0.25, 0.3) is 5.91 Å². The number of ether oxygens (including phenoxy) is 1. The first-order chi connectivity index (χ1) is 7.22. The van der Waals surface area contributed by atoms with Crippen LogP contribution in [0.3, 0.4) is 0 Å². The lowest BCUT2D eigenvalue weighted by Gasteiger charge is -2.20. The normalized spacial score (nSPS) is 12.5. The van der Waals surface area contributed by atoms with E-state index in [9.17, 15) is 14.7 Å². The van der Waals surface area contributed by atoms with Crippen LogP contribution in [-0.2, 0) is 14.3 Å². The Morgan fingerprint density at radius 3 is 2.19 bits per heavy atom. The molecule has 5 heteroatoms. The lowest BCUT2D eigenvalue weighted by Crippen LogP contribution is -2.32. The summed E-state index contributed by atoms with van der Waals surface area (Å²) in [5, 5.41) is 11.6. The van der Waals surface area contributed by atoms with Crippen molar-refractivity contribution in [1.29, 1.82) is 0 Å². The first-order valence-electron chi connectivity index (χ1n) is 4.74. The Labute approximate surface area is 94.8 Å². The summed E-state index contributed by atoms with van der Waals surface area (Å²) in [6, 6.07) is 0. The van der Waals surface area contributed by atoms with E-state index < -0.39 is 28.8 Å². The van der Waals surface area contributed by atoms with Crippen LogP contribution in [0.15, 0.2) is 24.0 Å². The van der Waals surface area contributed by atoms with Crippen LogP contribution < -0.4 is 5.32 Å². The lowest BCUT2D eigenvalue weighted by molar-refractivity contribution is -0.151. The predicted octanol–water partition coefficient (Wildman–Crippen LogP) is 1.07. The fourth-order valence-electron chi connectivity index (χ4n) is 0.870. The van der Waals surface area contributed by atoms with Crippen LogP contribution in [0.5, 0.6) is 0 Å². The van der Waals surface area contributed by atoms with Crippen LogP contribution in [0.4, 0.5) is 0 Å². The summed E-state index contributed by atoms with van der Waals surface area (Å²) in [5.41, 5.74) is -1.19. The Morgan fingerprint density at radius 1 is 1.38 bits per heavy atom. The summed E-state index contributed by atoms with van der Waals surface area (Å²) < 4.78 is 4.98. The highest BCUT2D eigenvalue weighted by molar-refractivity contribution is 6.17. The van der Waals surface area contributed by atoms with Gasteiger partial charge in [0.1, 0.15) is 11.4 Å². The van der Waals surface area contributed by atoms with E-state index in [-0.39, 0.29) is 0 Å². The van der Waals surface area contributed by atoms with Crippen molar-refractivity contribution in [2.24, 2.45) is 0 Å². The van der Waals surface area contributed by atoms with Gasteiger partial charge in [0.05, 0.1) is 0 Å². The third-order valence-corrected chi connectivity index (χ3v) is 1.51. The van der Waals surface area contributed by atoms with E-state index in [0.29, 0.717) is 0 Å². The maximum Gasteiger partial charge on any atom is 0.348 e. The average Bonchev–Trinajstić information content (AvgIpc) is 2.14. The number of hydrogen-bond acceptors (Lipinski definition) is 4. The van der Waals surface area contributed by atoms with E-state index in [1.54, 1.807) is 20.8 Å². The molecule has 0 rings (SSSR count). The topological polar surface area (TPSA) is 75.6 Å². The molecule has 0 aliphatic heterocycles. The molecule has 0 aliphatic carbocycles. The molecule has 0 saturated heterocycles. The number of carbonyl (C=O) groups is 2. The number of allylic oxidation sites excluding steroid dienone is 1. The summed E-state index contributed by atoms with van der Waals surface area (Å²) in [4.78, 5) is 23.0. The van der Waals surface area contributed by atoms with Crippen LogP contribution in [-0.4, -0.2) is 29.6 Å². The van der Waals surface area contributed by atoms with Crippen molar-refractivity contribution < 1.29 is 19.4 Å². The number of carbonyl (C=O) groups excluding carboxylic acids is 2. The van der Waals surface area contributed by atoms with Crippen molar-refractivity contribution in [2.75, 3.05) is 7.05 Å². The summed E-state index contributed by atoms with van der Waals surface area (Å²) >= 11 is 0. The highest BCUT2D eigenvalue weighted by Crippen LogP contribution is 2.13. The number of amides is 1. The second-order valence-electron chi connectivity index (χ2n) is 4.05. The quantitative estimate of drug-likeness (QED) is 0.189. The Kier molecular flexibility index (Phi) is 4.75. The van der Waals surface area contributed by atoms with E-state index in [2.05, 4.69) is 11.9 Å². The number of nitrogens with one attached hydrogen (secondary N) is 1. The van der Waals surface area contributed by atoms with Gasteiger partial charge >= 0.3 is 5.97 Å². The monoisotopic (exact) mass is 227 g/mol.